The number of nitrogens with zero attached hydrogens (tertiary/aromatic N) is 2. The van der Waals surface area contributed by atoms with Crippen molar-refractivity contribution in [1.82, 2.24) is 4.57 Å². The molecule has 0 bridgehead atoms. The van der Waals surface area contributed by atoms with Gasteiger partial charge in [-0.25, -0.2) is 9.18 Å². The van der Waals surface area contributed by atoms with Crippen LogP contribution in [0.1, 0.15) is 61.1 Å². The van der Waals surface area contributed by atoms with Crippen molar-refractivity contribution in [3.63, 3.8) is 0 Å². The number of rotatable bonds is 7. The number of aliphatic hydroxyl groups is 1. The Balaban J connectivity index is 1.93. The van der Waals surface area contributed by atoms with Crippen LogP contribution in [0, 0.1) is 11.2 Å². The lowest BCUT2D eigenvalue weighted by atomic mass is 9.86. The molecule has 1 aromatic heterocycles. The minimum Gasteiger partial charge on any atom is -0.496 e. The number of amides is 1. The van der Waals surface area contributed by atoms with Crippen LogP contribution in [0.4, 0.5) is 10.1 Å². The lowest BCUT2D eigenvalue weighted by Gasteiger charge is -2.33. The van der Waals surface area contributed by atoms with Gasteiger partial charge < -0.3 is 24.4 Å². The van der Waals surface area contributed by atoms with Gasteiger partial charge in [-0.2, -0.15) is 0 Å². The predicted octanol–water partition coefficient (Wildman–Crippen LogP) is 4.80. The van der Waals surface area contributed by atoms with Gasteiger partial charge in [-0.3, -0.25) is 9.59 Å². The molecule has 3 aromatic rings. The van der Waals surface area contributed by atoms with Gasteiger partial charge in [0, 0.05) is 42.7 Å². The number of methoxy groups -OCH3 is 1. The molecule has 1 amide bonds. The van der Waals surface area contributed by atoms with E-state index in [9.17, 15) is 24.6 Å². The lowest BCUT2D eigenvalue weighted by molar-refractivity contribution is -0.117. The van der Waals surface area contributed by atoms with Crippen LogP contribution in [-0.4, -0.2) is 46.9 Å². The van der Waals surface area contributed by atoms with Crippen LogP contribution in [0.25, 0.3) is 10.9 Å². The number of aliphatic hydroxyl groups excluding tert-OH is 1. The van der Waals surface area contributed by atoms with Gasteiger partial charge in [-0.1, -0.05) is 32.4 Å². The van der Waals surface area contributed by atoms with Crippen molar-refractivity contribution in [2.24, 2.45) is 5.41 Å². The number of anilines is 1. The van der Waals surface area contributed by atoms with Gasteiger partial charge in [-0.15, -0.1) is 0 Å². The molecule has 8 nitrogen and oxygen atoms in total. The first kappa shape index (κ1) is 27.6. The SMILES string of the molecule is COc1cc2c(cc1Cc1cc(N3CCCC3=O)cc(Cl)c1F)c(=O)c(C(=O)O)cn2C(CO)C(C)(C)C. The summed E-state index contributed by atoms with van der Waals surface area (Å²) in [5.41, 5.74) is -0.131. The van der Waals surface area contributed by atoms with Crippen molar-refractivity contribution >= 4 is 40.1 Å². The Morgan fingerprint density at radius 3 is 2.45 bits per heavy atom. The van der Waals surface area contributed by atoms with E-state index < -0.39 is 34.2 Å². The molecule has 0 aliphatic carbocycles. The van der Waals surface area contributed by atoms with Gasteiger partial charge in [-0.05, 0) is 41.2 Å². The largest absolute Gasteiger partial charge is 0.496 e. The second-order valence-electron chi connectivity index (χ2n) is 10.6. The smallest absolute Gasteiger partial charge is 0.341 e. The number of halogens is 2. The third kappa shape index (κ3) is 5.00. The van der Waals surface area contributed by atoms with Crippen molar-refractivity contribution < 1.29 is 28.9 Å². The van der Waals surface area contributed by atoms with Crippen LogP contribution in [0.3, 0.4) is 0 Å². The highest BCUT2D eigenvalue weighted by Crippen LogP contribution is 2.36. The van der Waals surface area contributed by atoms with Crippen LogP contribution in [-0.2, 0) is 11.2 Å². The van der Waals surface area contributed by atoms with Gasteiger partial charge in [0.1, 0.15) is 17.1 Å². The summed E-state index contributed by atoms with van der Waals surface area (Å²) in [5, 5.41) is 19.9. The average molecular weight is 545 g/mol. The highest BCUT2D eigenvalue weighted by atomic mass is 35.5. The molecule has 2 aromatic carbocycles. The van der Waals surface area contributed by atoms with Gasteiger partial charge in [0.15, 0.2) is 0 Å². The number of carbonyl (C=O) groups excluding carboxylic acids is 1. The van der Waals surface area contributed by atoms with Crippen molar-refractivity contribution in [1.29, 1.82) is 0 Å². The van der Waals surface area contributed by atoms with E-state index in [1.165, 1.54) is 25.4 Å². The molecular formula is C28H30ClFN2O6. The monoisotopic (exact) mass is 544 g/mol. The Labute approximate surface area is 224 Å². The average Bonchev–Trinajstić information content (AvgIpc) is 3.28. The molecule has 0 radical (unpaired) electrons. The Bertz CT molecular complexity index is 1490. The van der Waals surface area contributed by atoms with Crippen molar-refractivity contribution in [2.75, 3.05) is 25.2 Å². The second-order valence-corrected chi connectivity index (χ2v) is 11.0. The summed E-state index contributed by atoms with van der Waals surface area (Å²) in [4.78, 5) is 39.0. The molecule has 1 aliphatic rings. The van der Waals surface area contributed by atoms with Crippen LogP contribution < -0.4 is 15.1 Å². The van der Waals surface area contributed by atoms with E-state index in [4.69, 9.17) is 16.3 Å². The van der Waals surface area contributed by atoms with E-state index in [1.807, 2.05) is 20.8 Å². The number of carboxylic acid groups (broad SMARTS) is 1. The first-order valence-electron chi connectivity index (χ1n) is 12.3. The summed E-state index contributed by atoms with van der Waals surface area (Å²) >= 11 is 6.19. The van der Waals surface area contributed by atoms with Crippen molar-refractivity contribution in [3.8, 4) is 5.75 Å². The molecule has 1 fully saturated rings. The maximum Gasteiger partial charge on any atom is 0.341 e. The summed E-state index contributed by atoms with van der Waals surface area (Å²) in [5.74, 6) is -1.78. The normalized spacial score (nSPS) is 14.8. The number of benzene rings is 2. The highest BCUT2D eigenvalue weighted by molar-refractivity contribution is 6.31. The first-order chi connectivity index (χ1) is 17.9. The molecular weight excluding hydrogens is 515 g/mol. The number of aromatic nitrogens is 1. The topological polar surface area (TPSA) is 109 Å². The van der Waals surface area contributed by atoms with Crippen LogP contribution in [0.2, 0.25) is 5.02 Å². The summed E-state index contributed by atoms with van der Waals surface area (Å²) in [6.45, 7) is 5.91. The quantitative estimate of drug-likeness (QED) is 0.442. The molecule has 0 saturated carbocycles. The maximum atomic E-state index is 15.1. The highest BCUT2D eigenvalue weighted by Gasteiger charge is 2.29. The molecule has 10 heteroatoms. The minimum atomic E-state index is -1.39. The van der Waals surface area contributed by atoms with E-state index in [-0.39, 0.29) is 34.9 Å². The molecule has 2 heterocycles. The third-order valence-electron chi connectivity index (χ3n) is 7.03. The Kier molecular flexibility index (Phi) is 7.54. The molecule has 0 spiro atoms. The molecule has 1 aliphatic heterocycles. The van der Waals surface area contributed by atoms with E-state index in [0.29, 0.717) is 41.9 Å². The summed E-state index contributed by atoms with van der Waals surface area (Å²) < 4.78 is 22.3. The van der Waals surface area contributed by atoms with E-state index in [2.05, 4.69) is 0 Å². The molecule has 2 N–H and O–H groups in total. The zero-order chi connectivity index (χ0) is 27.9. The number of hydrogen-bond donors (Lipinski definition) is 2. The molecule has 4 rings (SSSR count). The van der Waals surface area contributed by atoms with Crippen LogP contribution in [0.5, 0.6) is 5.75 Å². The minimum absolute atomic E-state index is 0.0278. The van der Waals surface area contributed by atoms with Gasteiger partial charge in [0.05, 0.1) is 30.3 Å². The predicted molar refractivity (Wildman–Crippen MR) is 143 cm³/mol. The lowest BCUT2D eigenvalue weighted by Crippen LogP contribution is -2.30. The van der Waals surface area contributed by atoms with Crippen molar-refractivity contribution in [3.05, 3.63) is 68.2 Å². The number of carbonyl (C=O) groups is 2. The van der Waals surface area contributed by atoms with Crippen LogP contribution >= 0.6 is 11.6 Å². The number of carboxylic acids is 1. The first-order valence-corrected chi connectivity index (χ1v) is 12.6. The summed E-state index contributed by atoms with van der Waals surface area (Å²) in [7, 11) is 1.44. The molecule has 1 unspecified atom stereocenters. The van der Waals surface area contributed by atoms with Crippen molar-refractivity contribution in [2.45, 2.75) is 46.1 Å². The fraction of sp³-hybridized carbons (Fsp3) is 0.393. The second kappa shape index (κ2) is 10.4. The molecule has 202 valence electrons. The molecule has 38 heavy (non-hydrogen) atoms. The number of ether oxygens (including phenoxy) is 1. The van der Waals surface area contributed by atoms with E-state index in [1.54, 1.807) is 21.6 Å². The van der Waals surface area contributed by atoms with Gasteiger partial charge in [0.2, 0.25) is 11.3 Å². The number of hydrogen-bond acceptors (Lipinski definition) is 5. The maximum absolute atomic E-state index is 15.1. The number of pyridine rings is 1. The number of aromatic carboxylic acids is 1. The van der Waals surface area contributed by atoms with E-state index in [0.717, 1.165) is 0 Å². The fourth-order valence-electron chi connectivity index (χ4n) is 4.98. The standard InChI is InChI=1S/C28H30ClFN2O6/c1-28(2,3)23(14-33)32-13-19(27(36)37)26(35)18-10-15(22(38-4)12-21(18)32)8-16-9-17(11-20(29)25(16)30)31-7-5-6-24(31)34/h9-13,23,33H,5-8,14H2,1-4H3,(H,36,37). The third-order valence-corrected chi connectivity index (χ3v) is 7.30. The summed E-state index contributed by atoms with van der Waals surface area (Å²) in [6, 6.07) is 5.52. The Morgan fingerprint density at radius 1 is 1.18 bits per heavy atom. The van der Waals surface area contributed by atoms with Crippen LogP contribution in [0.15, 0.2) is 35.3 Å². The zero-order valence-electron chi connectivity index (χ0n) is 21.7. The van der Waals surface area contributed by atoms with Gasteiger partial charge >= 0.3 is 5.97 Å². The Morgan fingerprint density at radius 2 is 1.89 bits per heavy atom. The molecule has 1 saturated heterocycles. The summed E-state index contributed by atoms with van der Waals surface area (Å²) in [6.07, 6.45) is 2.32. The fourth-order valence-corrected chi connectivity index (χ4v) is 5.21. The zero-order valence-corrected chi connectivity index (χ0v) is 22.4. The van der Waals surface area contributed by atoms with E-state index >= 15 is 4.39 Å². The molecule has 1 atom stereocenters. The Hall–Kier alpha value is -3.43. The number of fused-ring (bicyclic) bond motifs is 1. The van der Waals surface area contributed by atoms with Gasteiger partial charge in [0.25, 0.3) is 0 Å².